The Morgan fingerprint density at radius 3 is 2.72 bits per heavy atom. The first kappa shape index (κ1) is 14.8. The van der Waals surface area contributed by atoms with E-state index >= 15 is 0 Å². The summed E-state index contributed by atoms with van der Waals surface area (Å²) in [5, 5.41) is 2.90. The highest BCUT2D eigenvalue weighted by molar-refractivity contribution is 5.44. The van der Waals surface area contributed by atoms with Crippen molar-refractivity contribution in [2.45, 2.75) is 38.4 Å². The second kappa shape index (κ2) is 6.58. The van der Waals surface area contributed by atoms with Gasteiger partial charge in [-0.3, -0.25) is 4.98 Å². The number of anilines is 1. The molecule has 0 radical (unpaired) electrons. The molecule has 0 aliphatic rings. The van der Waals surface area contributed by atoms with E-state index in [1.54, 1.807) is 6.07 Å². The SMILES string of the molecule is CCCNC(Cc1cnccc1N)CC(F)(F)F. The molecule has 0 bridgehead atoms. The van der Waals surface area contributed by atoms with Gasteiger partial charge in [0.25, 0.3) is 0 Å². The van der Waals surface area contributed by atoms with Gasteiger partial charge in [-0.25, -0.2) is 0 Å². The lowest BCUT2D eigenvalue weighted by Crippen LogP contribution is -2.36. The second-order valence-electron chi connectivity index (χ2n) is 4.25. The highest BCUT2D eigenvalue weighted by Crippen LogP contribution is 2.24. The maximum Gasteiger partial charge on any atom is 0.390 e. The number of nitrogens with zero attached hydrogens (tertiary/aromatic N) is 1. The van der Waals surface area contributed by atoms with Crippen molar-refractivity contribution in [1.29, 1.82) is 0 Å². The van der Waals surface area contributed by atoms with Crippen molar-refractivity contribution in [2.24, 2.45) is 0 Å². The Hall–Kier alpha value is -1.30. The van der Waals surface area contributed by atoms with Crippen molar-refractivity contribution in [3.05, 3.63) is 24.0 Å². The number of hydrogen-bond acceptors (Lipinski definition) is 3. The minimum atomic E-state index is -4.18. The summed E-state index contributed by atoms with van der Waals surface area (Å²) in [7, 11) is 0. The first-order valence-electron chi connectivity index (χ1n) is 5.91. The Labute approximate surface area is 105 Å². The zero-order valence-corrected chi connectivity index (χ0v) is 10.3. The Kier molecular flexibility index (Phi) is 5.40. The van der Waals surface area contributed by atoms with Gasteiger partial charge in [0.05, 0.1) is 6.42 Å². The Balaban J connectivity index is 2.69. The number of hydrogen-bond donors (Lipinski definition) is 2. The molecule has 102 valence electrons. The van der Waals surface area contributed by atoms with Crippen molar-refractivity contribution in [3.8, 4) is 0 Å². The summed E-state index contributed by atoms with van der Waals surface area (Å²) >= 11 is 0. The van der Waals surface area contributed by atoms with Gasteiger partial charge in [0, 0.05) is 24.1 Å². The number of nitrogen functional groups attached to an aromatic ring is 1. The van der Waals surface area contributed by atoms with Gasteiger partial charge in [0.2, 0.25) is 0 Å². The molecule has 1 atom stereocenters. The number of rotatable bonds is 6. The van der Waals surface area contributed by atoms with Crippen LogP contribution in [0, 0.1) is 0 Å². The zero-order chi connectivity index (χ0) is 13.6. The number of alkyl halides is 3. The van der Waals surface area contributed by atoms with Gasteiger partial charge >= 0.3 is 6.18 Å². The smallest absolute Gasteiger partial charge is 0.390 e. The van der Waals surface area contributed by atoms with Gasteiger partial charge in [-0.1, -0.05) is 6.92 Å². The predicted octanol–water partition coefficient (Wildman–Crippen LogP) is 2.53. The number of pyridine rings is 1. The van der Waals surface area contributed by atoms with Crippen LogP contribution in [0.3, 0.4) is 0 Å². The molecule has 18 heavy (non-hydrogen) atoms. The minimum absolute atomic E-state index is 0.235. The lowest BCUT2D eigenvalue weighted by atomic mass is 10.0. The Morgan fingerprint density at radius 1 is 1.44 bits per heavy atom. The van der Waals surface area contributed by atoms with Crippen LogP contribution < -0.4 is 11.1 Å². The fourth-order valence-electron chi connectivity index (χ4n) is 1.72. The van der Waals surface area contributed by atoms with E-state index in [2.05, 4.69) is 10.3 Å². The van der Waals surface area contributed by atoms with Crippen molar-refractivity contribution in [2.75, 3.05) is 12.3 Å². The molecule has 0 saturated carbocycles. The van der Waals surface area contributed by atoms with E-state index in [9.17, 15) is 13.2 Å². The number of aromatic nitrogens is 1. The molecule has 3 N–H and O–H groups in total. The molecule has 1 aromatic heterocycles. The van der Waals surface area contributed by atoms with Crippen LogP contribution in [0.1, 0.15) is 25.3 Å². The van der Waals surface area contributed by atoms with E-state index in [-0.39, 0.29) is 6.42 Å². The van der Waals surface area contributed by atoms with Crippen molar-refractivity contribution in [3.63, 3.8) is 0 Å². The van der Waals surface area contributed by atoms with Crippen LogP contribution in [0.25, 0.3) is 0 Å². The molecule has 0 spiro atoms. The standard InChI is InChI=1S/C12H18F3N3/c1-2-4-18-10(7-12(13,14)15)6-9-8-17-5-3-11(9)16/h3,5,8,10,18H,2,4,6-7H2,1H3,(H2,16,17). The van der Waals surface area contributed by atoms with Gasteiger partial charge in [-0.15, -0.1) is 0 Å². The molecule has 0 saturated heterocycles. The lowest BCUT2D eigenvalue weighted by Gasteiger charge is -2.20. The monoisotopic (exact) mass is 261 g/mol. The fourth-order valence-corrected chi connectivity index (χ4v) is 1.72. The minimum Gasteiger partial charge on any atom is -0.398 e. The summed E-state index contributed by atoms with van der Waals surface area (Å²) < 4.78 is 37.3. The number of nitrogens with two attached hydrogens (primary N) is 1. The quantitative estimate of drug-likeness (QED) is 0.827. The molecule has 3 nitrogen and oxygen atoms in total. The van der Waals surface area contributed by atoms with E-state index in [0.29, 0.717) is 17.8 Å². The molecule has 6 heteroatoms. The van der Waals surface area contributed by atoms with Crippen LogP contribution in [0.2, 0.25) is 0 Å². The van der Waals surface area contributed by atoms with Gasteiger partial charge in [0.15, 0.2) is 0 Å². The van der Waals surface area contributed by atoms with Crippen LogP contribution in [-0.4, -0.2) is 23.7 Å². The van der Waals surface area contributed by atoms with E-state index in [4.69, 9.17) is 5.73 Å². The molecule has 0 fully saturated rings. The van der Waals surface area contributed by atoms with Gasteiger partial charge < -0.3 is 11.1 Å². The molecule has 0 aliphatic heterocycles. The van der Waals surface area contributed by atoms with Crippen LogP contribution in [0.5, 0.6) is 0 Å². The van der Waals surface area contributed by atoms with E-state index < -0.39 is 18.6 Å². The summed E-state index contributed by atoms with van der Waals surface area (Å²) in [5.74, 6) is 0. The van der Waals surface area contributed by atoms with Gasteiger partial charge in [-0.05, 0) is 31.0 Å². The molecule has 1 rings (SSSR count). The van der Waals surface area contributed by atoms with Crippen molar-refractivity contribution < 1.29 is 13.2 Å². The fraction of sp³-hybridized carbons (Fsp3) is 0.583. The molecule has 1 heterocycles. The van der Waals surface area contributed by atoms with E-state index in [1.165, 1.54) is 12.4 Å². The van der Waals surface area contributed by atoms with Gasteiger partial charge in [-0.2, -0.15) is 13.2 Å². The highest BCUT2D eigenvalue weighted by atomic mass is 19.4. The largest absolute Gasteiger partial charge is 0.398 e. The number of nitrogens with one attached hydrogen (secondary N) is 1. The molecule has 0 aliphatic carbocycles. The second-order valence-corrected chi connectivity index (χ2v) is 4.25. The summed E-state index contributed by atoms with van der Waals surface area (Å²) in [6.45, 7) is 2.47. The van der Waals surface area contributed by atoms with E-state index in [0.717, 1.165) is 6.42 Å². The lowest BCUT2D eigenvalue weighted by molar-refractivity contribution is -0.139. The Morgan fingerprint density at radius 2 is 2.17 bits per heavy atom. The third-order valence-corrected chi connectivity index (χ3v) is 2.57. The van der Waals surface area contributed by atoms with Gasteiger partial charge in [0.1, 0.15) is 0 Å². The molecule has 0 amide bonds. The predicted molar refractivity (Wildman–Crippen MR) is 65.1 cm³/mol. The maximum absolute atomic E-state index is 12.4. The molecule has 0 aromatic carbocycles. The first-order valence-corrected chi connectivity index (χ1v) is 5.91. The normalized spacial score (nSPS) is 13.6. The summed E-state index contributed by atoms with van der Waals surface area (Å²) in [5.41, 5.74) is 6.84. The first-order chi connectivity index (χ1) is 8.42. The Bertz CT molecular complexity index is 366. The zero-order valence-electron chi connectivity index (χ0n) is 10.3. The topological polar surface area (TPSA) is 50.9 Å². The third-order valence-electron chi connectivity index (χ3n) is 2.57. The van der Waals surface area contributed by atoms with E-state index in [1.807, 2.05) is 6.92 Å². The number of halogens is 3. The van der Waals surface area contributed by atoms with Crippen LogP contribution in [0.4, 0.5) is 18.9 Å². The summed E-state index contributed by atoms with van der Waals surface area (Å²) in [6, 6.07) is 0.941. The van der Waals surface area contributed by atoms with Crippen LogP contribution >= 0.6 is 0 Å². The molecule has 1 aromatic rings. The third kappa shape index (κ3) is 5.35. The average Bonchev–Trinajstić information content (AvgIpc) is 2.27. The van der Waals surface area contributed by atoms with Crippen LogP contribution in [0.15, 0.2) is 18.5 Å². The molecule has 1 unspecified atom stereocenters. The van der Waals surface area contributed by atoms with Crippen LogP contribution in [-0.2, 0) is 6.42 Å². The average molecular weight is 261 g/mol. The summed E-state index contributed by atoms with van der Waals surface area (Å²) in [6.07, 6.45) is -0.969. The van der Waals surface area contributed by atoms with Crippen molar-refractivity contribution >= 4 is 5.69 Å². The summed E-state index contributed by atoms with van der Waals surface area (Å²) in [4.78, 5) is 3.89. The van der Waals surface area contributed by atoms with Crippen molar-refractivity contribution in [1.82, 2.24) is 10.3 Å². The maximum atomic E-state index is 12.4. The molecular formula is C12H18F3N3. The highest BCUT2D eigenvalue weighted by Gasteiger charge is 2.31. The molecular weight excluding hydrogens is 243 g/mol.